The zero-order chi connectivity index (χ0) is 14.0. The van der Waals surface area contributed by atoms with E-state index in [1.165, 1.54) is 12.1 Å². The molecule has 1 N–H and O–H groups in total. The fourth-order valence-corrected chi connectivity index (χ4v) is 1.46. The minimum absolute atomic E-state index is 0.249. The maximum atomic E-state index is 13.3. The van der Waals surface area contributed by atoms with Crippen LogP contribution in [0.4, 0.5) is 17.6 Å². The molecule has 2 nitrogen and oxygen atoms in total. The number of aromatic nitrogens is 1. The number of benzene rings is 1. The molecule has 0 aliphatic heterocycles. The van der Waals surface area contributed by atoms with E-state index in [4.69, 9.17) is 0 Å². The highest BCUT2D eigenvalue weighted by Crippen LogP contribution is 2.22. The fraction of sp³-hybridized carbons (Fsp3) is 0. The van der Waals surface area contributed by atoms with E-state index in [1.807, 2.05) is 0 Å². The maximum Gasteiger partial charge on any atom is 0.252 e. The largest absolute Gasteiger partial charge is 0.507 e. The molecule has 1 aromatic heterocycles. The van der Waals surface area contributed by atoms with E-state index < -0.39 is 34.9 Å². The van der Waals surface area contributed by atoms with Crippen molar-refractivity contribution in [2.45, 2.75) is 0 Å². The van der Waals surface area contributed by atoms with Gasteiger partial charge in [-0.2, -0.15) is 13.8 Å². The van der Waals surface area contributed by atoms with Crippen LogP contribution >= 0.6 is 0 Å². The monoisotopic (exact) mass is 269 g/mol. The lowest BCUT2D eigenvalue weighted by molar-refractivity contribution is 0.404. The molecular formula is C13H7F4NO. The Labute approximate surface area is 105 Å². The topological polar surface area (TPSA) is 33.1 Å². The first-order valence-electron chi connectivity index (χ1n) is 5.16. The molecule has 0 aliphatic carbocycles. The summed E-state index contributed by atoms with van der Waals surface area (Å²) in [5.41, 5.74) is -0.773. The summed E-state index contributed by atoms with van der Waals surface area (Å²) >= 11 is 0. The van der Waals surface area contributed by atoms with Crippen LogP contribution < -0.4 is 0 Å². The van der Waals surface area contributed by atoms with Gasteiger partial charge in [-0.15, -0.1) is 0 Å². The number of halogens is 4. The van der Waals surface area contributed by atoms with Gasteiger partial charge in [-0.1, -0.05) is 30.3 Å². The molecule has 98 valence electrons. The summed E-state index contributed by atoms with van der Waals surface area (Å²) in [4.78, 5) is 2.42. The van der Waals surface area contributed by atoms with Crippen LogP contribution in [0.3, 0.4) is 0 Å². The molecule has 19 heavy (non-hydrogen) atoms. The van der Waals surface area contributed by atoms with Crippen LogP contribution in [0, 0.1) is 23.5 Å². The Balaban J connectivity index is 2.55. The molecule has 1 aromatic carbocycles. The van der Waals surface area contributed by atoms with Crippen molar-refractivity contribution in [3.05, 3.63) is 65.0 Å². The number of aliphatic hydroxyl groups is 1. The number of pyridine rings is 1. The standard InChI is InChI=1S/C13H7F4NO/c14-10-8(11(15)13(17)18-12(10)16)6-9(19)7-4-2-1-3-5-7/h1-6,19H/b9-6-. The number of hydrogen-bond acceptors (Lipinski definition) is 2. The van der Waals surface area contributed by atoms with Gasteiger partial charge in [0.05, 0.1) is 5.56 Å². The zero-order valence-electron chi connectivity index (χ0n) is 9.37. The first kappa shape index (κ1) is 13.1. The van der Waals surface area contributed by atoms with Crippen molar-refractivity contribution >= 4 is 11.8 Å². The zero-order valence-corrected chi connectivity index (χ0v) is 9.37. The van der Waals surface area contributed by atoms with Crippen molar-refractivity contribution in [3.63, 3.8) is 0 Å². The predicted octanol–water partition coefficient (Wildman–Crippen LogP) is 3.69. The average Bonchev–Trinajstić information content (AvgIpc) is 2.42. The molecule has 6 heteroatoms. The van der Waals surface area contributed by atoms with Crippen LogP contribution in [0.15, 0.2) is 30.3 Å². The molecular weight excluding hydrogens is 262 g/mol. The molecule has 0 saturated heterocycles. The van der Waals surface area contributed by atoms with Gasteiger partial charge in [0, 0.05) is 5.56 Å². The summed E-state index contributed by atoms with van der Waals surface area (Å²) in [6.45, 7) is 0. The SMILES string of the molecule is O/C(=C\c1c(F)c(F)nc(F)c1F)c1ccccc1. The molecule has 1 heterocycles. The maximum absolute atomic E-state index is 13.3. The molecule has 0 radical (unpaired) electrons. The summed E-state index contributed by atoms with van der Waals surface area (Å²) in [6, 6.07) is 7.77. The lowest BCUT2D eigenvalue weighted by atomic mass is 10.1. The van der Waals surface area contributed by atoms with Crippen molar-refractivity contribution in [2.75, 3.05) is 0 Å². The Bertz CT molecular complexity index is 615. The summed E-state index contributed by atoms with van der Waals surface area (Å²) in [5.74, 6) is -7.40. The third-order valence-electron chi connectivity index (χ3n) is 2.38. The van der Waals surface area contributed by atoms with E-state index in [0.29, 0.717) is 6.08 Å². The Kier molecular flexibility index (Phi) is 3.50. The van der Waals surface area contributed by atoms with E-state index in [-0.39, 0.29) is 5.56 Å². The van der Waals surface area contributed by atoms with Crippen molar-refractivity contribution < 1.29 is 22.7 Å². The molecule has 0 atom stereocenters. The summed E-state index contributed by atoms with van der Waals surface area (Å²) < 4.78 is 52.4. The van der Waals surface area contributed by atoms with Gasteiger partial charge in [-0.3, -0.25) is 0 Å². The average molecular weight is 269 g/mol. The second-order valence-electron chi connectivity index (χ2n) is 3.63. The van der Waals surface area contributed by atoms with E-state index in [0.717, 1.165) is 0 Å². The van der Waals surface area contributed by atoms with Crippen LogP contribution in [0.2, 0.25) is 0 Å². The molecule has 0 unspecified atom stereocenters. The molecule has 0 saturated carbocycles. The van der Waals surface area contributed by atoms with Crippen LogP contribution in [-0.2, 0) is 0 Å². The van der Waals surface area contributed by atoms with Crippen molar-refractivity contribution in [1.29, 1.82) is 0 Å². The third-order valence-corrected chi connectivity index (χ3v) is 2.38. The highest BCUT2D eigenvalue weighted by molar-refractivity contribution is 5.76. The third kappa shape index (κ3) is 2.57. The van der Waals surface area contributed by atoms with Gasteiger partial charge in [0.25, 0.3) is 11.9 Å². The Hall–Kier alpha value is -2.37. The van der Waals surface area contributed by atoms with E-state index in [1.54, 1.807) is 18.2 Å². The number of hydrogen-bond donors (Lipinski definition) is 1. The van der Waals surface area contributed by atoms with Crippen LogP contribution in [0.1, 0.15) is 11.1 Å². The van der Waals surface area contributed by atoms with E-state index in [2.05, 4.69) is 4.98 Å². The number of nitrogens with zero attached hydrogens (tertiary/aromatic N) is 1. The second-order valence-corrected chi connectivity index (χ2v) is 3.63. The smallest absolute Gasteiger partial charge is 0.252 e. The summed E-state index contributed by atoms with van der Waals surface area (Å²) in [5, 5.41) is 9.67. The molecule has 0 amide bonds. The van der Waals surface area contributed by atoms with Gasteiger partial charge in [0.2, 0.25) is 0 Å². The van der Waals surface area contributed by atoms with Crippen molar-refractivity contribution in [3.8, 4) is 0 Å². The summed E-state index contributed by atoms with van der Waals surface area (Å²) in [7, 11) is 0. The highest BCUT2D eigenvalue weighted by Gasteiger charge is 2.19. The first-order valence-corrected chi connectivity index (χ1v) is 5.16. The van der Waals surface area contributed by atoms with Gasteiger partial charge in [-0.05, 0) is 6.08 Å². The summed E-state index contributed by atoms with van der Waals surface area (Å²) in [6.07, 6.45) is 0.605. The lowest BCUT2D eigenvalue weighted by Gasteiger charge is -2.04. The number of aliphatic hydroxyl groups excluding tert-OH is 1. The highest BCUT2D eigenvalue weighted by atomic mass is 19.2. The fourth-order valence-electron chi connectivity index (χ4n) is 1.46. The minimum Gasteiger partial charge on any atom is -0.507 e. The van der Waals surface area contributed by atoms with Gasteiger partial charge in [0.15, 0.2) is 11.6 Å². The Morgan fingerprint density at radius 2 is 1.47 bits per heavy atom. The minimum atomic E-state index is -1.77. The molecule has 0 fully saturated rings. The van der Waals surface area contributed by atoms with Crippen LogP contribution in [-0.4, -0.2) is 10.1 Å². The molecule has 2 rings (SSSR count). The van der Waals surface area contributed by atoms with Crippen molar-refractivity contribution in [2.24, 2.45) is 0 Å². The normalized spacial score (nSPS) is 11.7. The van der Waals surface area contributed by atoms with E-state index >= 15 is 0 Å². The number of rotatable bonds is 2. The Morgan fingerprint density at radius 3 is 2.00 bits per heavy atom. The molecule has 2 aromatic rings. The second kappa shape index (κ2) is 5.09. The molecule has 0 bridgehead atoms. The molecule has 0 aliphatic rings. The van der Waals surface area contributed by atoms with Gasteiger partial charge in [0.1, 0.15) is 5.76 Å². The quantitative estimate of drug-likeness (QED) is 0.512. The van der Waals surface area contributed by atoms with Gasteiger partial charge in [-0.25, -0.2) is 8.78 Å². The van der Waals surface area contributed by atoms with Crippen LogP contribution in [0.5, 0.6) is 0 Å². The first-order chi connectivity index (χ1) is 9.00. The van der Waals surface area contributed by atoms with Gasteiger partial charge >= 0.3 is 0 Å². The lowest BCUT2D eigenvalue weighted by Crippen LogP contribution is -2.03. The van der Waals surface area contributed by atoms with Crippen molar-refractivity contribution in [1.82, 2.24) is 4.98 Å². The Morgan fingerprint density at radius 1 is 0.947 bits per heavy atom. The predicted molar refractivity (Wildman–Crippen MR) is 61.0 cm³/mol. The van der Waals surface area contributed by atoms with E-state index in [9.17, 15) is 22.7 Å². The molecule has 0 spiro atoms. The van der Waals surface area contributed by atoms with Gasteiger partial charge < -0.3 is 5.11 Å². The van der Waals surface area contributed by atoms with Crippen LogP contribution in [0.25, 0.3) is 11.8 Å².